The molecule has 3 aliphatic carbocycles. The predicted octanol–water partition coefficient (Wildman–Crippen LogP) is 3.97. The summed E-state index contributed by atoms with van der Waals surface area (Å²) in [5.41, 5.74) is 2.63. The molecule has 2 heteroatoms. The van der Waals surface area contributed by atoms with Gasteiger partial charge in [0.1, 0.15) is 0 Å². The summed E-state index contributed by atoms with van der Waals surface area (Å²) < 4.78 is 0. The van der Waals surface area contributed by atoms with Crippen LogP contribution in [0.1, 0.15) is 52.4 Å². The largest absolute Gasteiger partial charge is 0.389 e. The Labute approximate surface area is 127 Å². The Morgan fingerprint density at radius 2 is 2.00 bits per heavy atom. The summed E-state index contributed by atoms with van der Waals surface area (Å²) in [4.78, 5) is 12.1. The summed E-state index contributed by atoms with van der Waals surface area (Å²) in [5.74, 6) is 0.506. The lowest BCUT2D eigenvalue weighted by atomic mass is 9.48. The van der Waals surface area contributed by atoms with Gasteiger partial charge < -0.3 is 5.11 Å². The van der Waals surface area contributed by atoms with Crippen LogP contribution in [0.15, 0.2) is 36.0 Å². The Morgan fingerprint density at radius 1 is 1.29 bits per heavy atom. The van der Waals surface area contributed by atoms with Crippen molar-refractivity contribution in [3.05, 3.63) is 36.0 Å². The highest BCUT2D eigenvalue weighted by atomic mass is 16.3. The van der Waals surface area contributed by atoms with Crippen LogP contribution >= 0.6 is 0 Å². The molecule has 2 fully saturated rings. The van der Waals surface area contributed by atoms with Crippen LogP contribution in [0.25, 0.3) is 0 Å². The summed E-state index contributed by atoms with van der Waals surface area (Å²) >= 11 is 0. The standard InChI is InChI=1S/C19H26O2/c1-5-14-12(2)6-7-17-18(4)10-9-16(20)13(3)15(18)8-11-19(14,17)21/h5,14,17,21H,1-2,6-11H2,3-4H3. The Balaban J connectivity index is 2.09. The quantitative estimate of drug-likeness (QED) is 0.741. The van der Waals surface area contributed by atoms with Gasteiger partial charge in [-0.1, -0.05) is 30.7 Å². The maximum atomic E-state index is 12.1. The van der Waals surface area contributed by atoms with Crippen LogP contribution in [0, 0.1) is 17.3 Å². The van der Waals surface area contributed by atoms with Crippen LogP contribution in [0.4, 0.5) is 0 Å². The molecule has 21 heavy (non-hydrogen) atoms. The summed E-state index contributed by atoms with van der Waals surface area (Å²) in [6, 6.07) is 0. The first-order valence-corrected chi connectivity index (χ1v) is 8.10. The number of fused-ring (bicyclic) bond motifs is 3. The van der Waals surface area contributed by atoms with Crippen molar-refractivity contribution in [1.82, 2.24) is 0 Å². The van der Waals surface area contributed by atoms with Gasteiger partial charge in [-0.3, -0.25) is 4.79 Å². The third-order valence-electron chi connectivity index (χ3n) is 6.55. The van der Waals surface area contributed by atoms with E-state index in [4.69, 9.17) is 0 Å². The van der Waals surface area contributed by atoms with Crippen molar-refractivity contribution in [2.24, 2.45) is 17.3 Å². The molecule has 0 bridgehead atoms. The number of aliphatic hydroxyl groups is 1. The molecule has 1 N–H and O–H groups in total. The molecule has 3 rings (SSSR count). The Kier molecular flexibility index (Phi) is 3.29. The van der Waals surface area contributed by atoms with Crippen LogP contribution in [0.3, 0.4) is 0 Å². The number of ketones is 1. The fourth-order valence-electron chi connectivity index (χ4n) is 5.37. The second kappa shape index (κ2) is 4.67. The molecule has 0 heterocycles. The maximum absolute atomic E-state index is 12.1. The molecule has 3 aliphatic rings. The Bertz CT molecular complexity index is 556. The molecule has 0 saturated heterocycles. The second-order valence-electron chi connectivity index (χ2n) is 7.40. The Hall–Kier alpha value is -1.15. The third kappa shape index (κ3) is 1.85. The molecule has 0 spiro atoms. The highest BCUT2D eigenvalue weighted by Crippen LogP contribution is 2.61. The topological polar surface area (TPSA) is 37.3 Å². The number of hydrogen-bond donors (Lipinski definition) is 1. The molecule has 0 amide bonds. The molecule has 114 valence electrons. The van der Waals surface area contributed by atoms with Crippen molar-refractivity contribution < 1.29 is 9.90 Å². The van der Waals surface area contributed by atoms with Gasteiger partial charge in [-0.25, -0.2) is 0 Å². The third-order valence-corrected chi connectivity index (χ3v) is 6.55. The van der Waals surface area contributed by atoms with Crippen molar-refractivity contribution in [3.63, 3.8) is 0 Å². The Morgan fingerprint density at radius 3 is 2.67 bits per heavy atom. The molecule has 0 aliphatic heterocycles. The number of carbonyl (C=O) groups excluding carboxylic acids is 1. The van der Waals surface area contributed by atoms with Gasteiger partial charge in [-0.15, -0.1) is 6.58 Å². The highest BCUT2D eigenvalue weighted by Gasteiger charge is 2.58. The number of carbonyl (C=O) groups is 1. The number of allylic oxidation sites excluding steroid dienone is 2. The normalized spacial score (nSPS) is 43.4. The van der Waals surface area contributed by atoms with Gasteiger partial charge in [0.05, 0.1) is 5.60 Å². The zero-order valence-corrected chi connectivity index (χ0v) is 13.2. The van der Waals surface area contributed by atoms with Crippen molar-refractivity contribution >= 4 is 5.78 Å². The monoisotopic (exact) mass is 286 g/mol. The van der Waals surface area contributed by atoms with Gasteiger partial charge >= 0.3 is 0 Å². The zero-order chi connectivity index (χ0) is 15.4. The lowest BCUT2D eigenvalue weighted by molar-refractivity contribution is -0.132. The van der Waals surface area contributed by atoms with E-state index in [1.54, 1.807) is 0 Å². The van der Waals surface area contributed by atoms with Crippen LogP contribution in [-0.4, -0.2) is 16.5 Å². The summed E-state index contributed by atoms with van der Waals surface area (Å²) in [5, 5.41) is 11.4. The molecule has 0 aromatic heterocycles. The van der Waals surface area contributed by atoms with Crippen molar-refractivity contribution in [2.45, 2.75) is 58.0 Å². The van der Waals surface area contributed by atoms with E-state index in [-0.39, 0.29) is 17.3 Å². The smallest absolute Gasteiger partial charge is 0.158 e. The number of hydrogen-bond acceptors (Lipinski definition) is 2. The lowest BCUT2D eigenvalue weighted by Crippen LogP contribution is -2.58. The van der Waals surface area contributed by atoms with E-state index in [0.29, 0.717) is 12.2 Å². The van der Waals surface area contributed by atoms with Gasteiger partial charge in [0, 0.05) is 12.3 Å². The van der Waals surface area contributed by atoms with Crippen molar-refractivity contribution in [2.75, 3.05) is 0 Å². The zero-order valence-electron chi connectivity index (χ0n) is 13.2. The van der Waals surface area contributed by atoms with Crippen molar-refractivity contribution in [3.8, 4) is 0 Å². The van der Waals surface area contributed by atoms with Gasteiger partial charge in [0.25, 0.3) is 0 Å². The van der Waals surface area contributed by atoms with Gasteiger partial charge in [0.15, 0.2) is 5.78 Å². The molecule has 2 nitrogen and oxygen atoms in total. The fraction of sp³-hybridized carbons (Fsp3) is 0.632. The van der Waals surface area contributed by atoms with Crippen LogP contribution in [-0.2, 0) is 4.79 Å². The first-order chi connectivity index (χ1) is 9.84. The van der Waals surface area contributed by atoms with E-state index in [9.17, 15) is 9.90 Å². The SMILES string of the molecule is C=CC1C(=C)CCC2C3(C)CCC(=O)C(C)=C3CCC12O. The molecular formula is C19H26O2. The maximum Gasteiger partial charge on any atom is 0.158 e. The minimum absolute atomic E-state index is 0.00689. The van der Waals surface area contributed by atoms with Gasteiger partial charge in [-0.2, -0.15) is 0 Å². The average Bonchev–Trinajstić information content (AvgIpc) is 2.43. The van der Waals surface area contributed by atoms with Crippen molar-refractivity contribution in [1.29, 1.82) is 0 Å². The molecule has 0 aromatic carbocycles. The number of Topliss-reactive ketones (excluding diaryl/α,β-unsaturated/α-hetero) is 1. The predicted molar refractivity (Wildman–Crippen MR) is 84.8 cm³/mol. The van der Waals surface area contributed by atoms with E-state index in [0.717, 1.165) is 43.3 Å². The molecule has 0 aromatic rings. The fourth-order valence-corrected chi connectivity index (χ4v) is 5.37. The molecule has 2 saturated carbocycles. The van der Waals surface area contributed by atoms with Gasteiger partial charge in [-0.05, 0) is 55.9 Å². The first-order valence-electron chi connectivity index (χ1n) is 8.10. The second-order valence-corrected chi connectivity index (χ2v) is 7.40. The van der Waals surface area contributed by atoms with E-state index in [1.165, 1.54) is 5.57 Å². The van der Waals surface area contributed by atoms with Crippen LogP contribution in [0.2, 0.25) is 0 Å². The van der Waals surface area contributed by atoms with E-state index >= 15 is 0 Å². The van der Waals surface area contributed by atoms with Crippen LogP contribution < -0.4 is 0 Å². The van der Waals surface area contributed by atoms with E-state index in [2.05, 4.69) is 20.1 Å². The molecular weight excluding hydrogens is 260 g/mol. The molecule has 4 unspecified atom stereocenters. The average molecular weight is 286 g/mol. The minimum atomic E-state index is -0.726. The van der Waals surface area contributed by atoms with Crippen LogP contribution in [0.5, 0.6) is 0 Å². The number of rotatable bonds is 1. The minimum Gasteiger partial charge on any atom is -0.389 e. The first kappa shape index (κ1) is 14.8. The van der Waals surface area contributed by atoms with E-state index in [1.807, 2.05) is 13.0 Å². The summed E-state index contributed by atoms with van der Waals surface area (Å²) in [7, 11) is 0. The highest BCUT2D eigenvalue weighted by molar-refractivity contribution is 5.96. The van der Waals surface area contributed by atoms with E-state index < -0.39 is 5.60 Å². The molecule has 0 radical (unpaired) electrons. The summed E-state index contributed by atoms with van der Waals surface area (Å²) in [6.07, 6.45) is 6.87. The molecule has 4 atom stereocenters. The lowest BCUT2D eigenvalue weighted by Gasteiger charge is -2.59. The summed E-state index contributed by atoms with van der Waals surface area (Å²) in [6.45, 7) is 12.3. The van der Waals surface area contributed by atoms with Gasteiger partial charge in [0.2, 0.25) is 0 Å².